The normalized spacial score (nSPS) is 10.1. The van der Waals surface area contributed by atoms with Gasteiger partial charge in [0.2, 0.25) is 0 Å². The van der Waals surface area contributed by atoms with Crippen LogP contribution in [0.4, 0.5) is 11.4 Å². The van der Waals surface area contributed by atoms with Crippen molar-refractivity contribution >= 4 is 35.2 Å². The van der Waals surface area contributed by atoms with Gasteiger partial charge < -0.3 is 10.1 Å². The highest BCUT2D eigenvalue weighted by atomic mass is 35.5. The summed E-state index contributed by atoms with van der Waals surface area (Å²) in [6.07, 6.45) is 0.491. The van der Waals surface area contributed by atoms with Crippen molar-refractivity contribution in [1.29, 1.82) is 0 Å². The number of rotatable bonds is 6. The number of nitro benzene ring substituents is 1. The van der Waals surface area contributed by atoms with Crippen LogP contribution < -0.4 is 10.1 Å². The summed E-state index contributed by atoms with van der Waals surface area (Å²) in [5, 5.41) is 14.1. The Kier molecular flexibility index (Phi) is 5.49. The first-order valence-electron chi connectivity index (χ1n) is 6.83. The monoisotopic (exact) mass is 348 g/mol. The van der Waals surface area contributed by atoms with Crippen LogP contribution in [0.1, 0.15) is 15.9 Å². The van der Waals surface area contributed by atoms with Gasteiger partial charge in [-0.2, -0.15) is 0 Å². The average molecular weight is 349 g/mol. The highest BCUT2D eigenvalue weighted by molar-refractivity contribution is 6.31. The molecule has 0 spiro atoms. The van der Waals surface area contributed by atoms with Crippen LogP contribution in [0.15, 0.2) is 36.4 Å². The average Bonchev–Trinajstić information content (AvgIpc) is 2.57. The fraction of sp³-hybridized carbons (Fsp3) is 0.125. The first-order chi connectivity index (χ1) is 11.4. The van der Waals surface area contributed by atoms with E-state index >= 15 is 0 Å². The molecule has 0 aliphatic heterocycles. The molecular formula is C16H13ClN2O5. The molecule has 0 atom stereocenters. The molecule has 124 valence electrons. The first-order valence-corrected chi connectivity index (χ1v) is 7.21. The number of aldehydes is 1. The van der Waals surface area contributed by atoms with Crippen LogP contribution in [-0.2, 0) is 4.79 Å². The molecule has 0 fully saturated rings. The second-order valence-corrected chi connectivity index (χ2v) is 5.26. The van der Waals surface area contributed by atoms with Crippen molar-refractivity contribution in [3.63, 3.8) is 0 Å². The molecule has 0 aliphatic carbocycles. The number of anilines is 1. The molecule has 24 heavy (non-hydrogen) atoms. The van der Waals surface area contributed by atoms with Crippen LogP contribution in [0.5, 0.6) is 5.75 Å². The number of nitro groups is 1. The van der Waals surface area contributed by atoms with Gasteiger partial charge in [-0.1, -0.05) is 17.7 Å². The number of nitrogens with one attached hydrogen (secondary N) is 1. The minimum absolute atomic E-state index is 0.0939. The zero-order chi connectivity index (χ0) is 17.7. The molecule has 2 rings (SSSR count). The lowest BCUT2D eigenvalue weighted by Crippen LogP contribution is -2.21. The molecular weight excluding hydrogens is 336 g/mol. The lowest BCUT2D eigenvalue weighted by atomic mass is 10.2. The SMILES string of the molecule is Cc1c(Cl)cccc1NC(=O)COc1ccc(C=O)cc1[N+](=O)[O-]. The van der Waals surface area contributed by atoms with E-state index in [-0.39, 0.29) is 17.0 Å². The second-order valence-electron chi connectivity index (χ2n) is 4.85. The Bertz CT molecular complexity index is 807. The number of nitrogens with zero attached hydrogens (tertiary/aromatic N) is 1. The third-order valence-corrected chi connectivity index (χ3v) is 3.63. The van der Waals surface area contributed by atoms with Crippen LogP contribution in [0.25, 0.3) is 0 Å². The fourth-order valence-corrected chi connectivity index (χ4v) is 2.12. The number of amides is 1. The number of carbonyl (C=O) groups is 2. The van der Waals surface area contributed by atoms with Crippen molar-refractivity contribution in [3.8, 4) is 5.75 Å². The summed E-state index contributed by atoms with van der Waals surface area (Å²) in [6, 6.07) is 8.80. The van der Waals surface area contributed by atoms with Gasteiger partial charge in [-0.15, -0.1) is 0 Å². The number of carbonyl (C=O) groups excluding carboxylic acids is 2. The lowest BCUT2D eigenvalue weighted by Gasteiger charge is -2.10. The van der Waals surface area contributed by atoms with E-state index in [2.05, 4.69) is 5.32 Å². The van der Waals surface area contributed by atoms with E-state index in [1.807, 2.05) is 0 Å². The van der Waals surface area contributed by atoms with Gasteiger partial charge >= 0.3 is 5.69 Å². The van der Waals surface area contributed by atoms with Crippen molar-refractivity contribution < 1.29 is 19.2 Å². The molecule has 0 saturated heterocycles. The molecule has 1 N–H and O–H groups in total. The zero-order valence-corrected chi connectivity index (χ0v) is 13.4. The Hall–Kier alpha value is -2.93. The molecule has 2 aromatic rings. The molecule has 0 unspecified atom stereocenters. The summed E-state index contributed by atoms with van der Waals surface area (Å²) in [6.45, 7) is 1.33. The van der Waals surface area contributed by atoms with Gasteiger partial charge in [0.15, 0.2) is 12.4 Å². The third kappa shape index (κ3) is 4.08. The summed E-state index contributed by atoms with van der Waals surface area (Å²) >= 11 is 5.97. The standard InChI is InChI=1S/C16H13ClN2O5/c1-10-12(17)3-2-4-13(10)18-16(21)9-24-15-6-5-11(8-20)7-14(15)19(22)23/h2-8H,9H2,1H3,(H,18,21). The molecule has 8 heteroatoms. The van der Waals surface area contributed by atoms with E-state index < -0.39 is 17.4 Å². The van der Waals surface area contributed by atoms with E-state index in [1.54, 1.807) is 25.1 Å². The van der Waals surface area contributed by atoms with Gasteiger partial charge in [-0.25, -0.2) is 0 Å². The predicted molar refractivity (Wildman–Crippen MR) is 88.8 cm³/mol. The molecule has 0 radical (unpaired) electrons. The van der Waals surface area contributed by atoms with Gasteiger partial charge in [-0.05, 0) is 36.8 Å². The topological polar surface area (TPSA) is 98.5 Å². The number of hydrogen-bond acceptors (Lipinski definition) is 5. The Labute approximate surface area is 142 Å². The van der Waals surface area contributed by atoms with Gasteiger partial charge in [0.05, 0.1) is 4.92 Å². The largest absolute Gasteiger partial charge is 0.477 e. The smallest absolute Gasteiger partial charge is 0.311 e. The quantitative estimate of drug-likeness (QED) is 0.490. The second kappa shape index (κ2) is 7.56. The Morgan fingerprint density at radius 3 is 2.79 bits per heavy atom. The first kappa shape index (κ1) is 17.4. The minimum atomic E-state index is -0.679. The van der Waals surface area contributed by atoms with Crippen LogP contribution in [0, 0.1) is 17.0 Å². The minimum Gasteiger partial charge on any atom is -0.477 e. The Morgan fingerprint density at radius 1 is 1.38 bits per heavy atom. The Balaban J connectivity index is 2.08. The van der Waals surface area contributed by atoms with Crippen LogP contribution >= 0.6 is 11.6 Å². The predicted octanol–water partition coefficient (Wildman–Crippen LogP) is 3.39. The zero-order valence-electron chi connectivity index (χ0n) is 12.6. The molecule has 0 aromatic heterocycles. The maximum Gasteiger partial charge on any atom is 0.311 e. The van der Waals surface area contributed by atoms with Gasteiger partial charge in [-0.3, -0.25) is 19.7 Å². The van der Waals surface area contributed by atoms with Crippen molar-refractivity contribution in [2.45, 2.75) is 6.92 Å². The molecule has 2 aromatic carbocycles. The van der Waals surface area contributed by atoms with E-state index in [4.69, 9.17) is 16.3 Å². The van der Waals surface area contributed by atoms with Crippen LogP contribution in [0.2, 0.25) is 5.02 Å². The molecule has 0 saturated carbocycles. The molecule has 0 aliphatic rings. The summed E-state index contributed by atoms with van der Waals surface area (Å²) in [5.41, 5.74) is 0.995. The maximum atomic E-state index is 11.9. The van der Waals surface area contributed by atoms with E-state index in [0.29, 0.717) is 22.6 Å². The number of ether oxygens (including phenoxy) is 1. The molecule has 0 bridgehead atoms. The number of halogens is 1. The van der Waals surface area contributed by atoms with Crippen LogP contribution in [-0.4, -0.2) is 23.7 Å². The number of hydrogen-bond donors (Lipinski definition) is 1. The fourth-order valence-electron chi connectivity index (χ4n) is 1.94. The van der Waals surface area contributed by atoms with E-state index in [0.717, 1.165) is 6.07 Å². The van der Waals surface area contributed by atoms with Crippen molar-refractivity contribution in [3.05, 3.63) is 62.7 Å². The summed E-state index contributed by atoms with van der Waals surface area (Å²) in [4.78, 5) is 33.0. The van der Waals surface area contributed by atoms with Gasteiger partial charge in [0.25, 0.3) is 5.91 Å². The van der Waals surface area contributed by atoms with Crippen LogP contribution in [0.3, 0.4) is 0 Å². The summed E-state index contributed by atoms with van der Waals surface area (Å²) in [5.74, 6) is -0.585. The van der Waals surface area contributed by atoms with Crippen molar-refractivity contribution in [1.82, 2.24) is 0 Å². The van der Waals surface area contributed by atoms with Crippen molar-refractivity contribution in [2.75, 3.05) is 11.9 Å². The van der Waals surface area contributed by atoms with Gasteiger partial charge in [0, 0.05) is 22.3 Å². The maximum absolute atomic E-state index is 11.9. The summed E-state index contributed by atoms with van der Waals surface area (Å²) < 4.78 is 5.20. The summed E-state index contributed by atoms with van der Waals surface area (Å²) in [7, 11) is 0. The highest BCUT2D eigenvalue weighted by Gasteiger charge is 2.17. The van der Waals surface area contributed by atoms with E-state index in [1.165, 1.54) is 12.1 Å². The third-order valence-electron chi connectivity index (χ3n) is 3.22. The lowest BCUT2D eigenvalue weighted by molar-refractivity contribution is -0.385. The van der Waals surface area contributed by atoms with Crippen molar-refractivity contribution in [2.24, 2.45) is 0 Å². The van der Waals surface area contributed by atoms with E-state index in [9.17, 15) is 19.7 Å². The Morgan fingerprint density at radius 2 is 2.12 bits per heavy atom. The molecule has 7 nitrogen and oxygen atoms in total. The van der Waals surface area contributed by atoms with Gasteiger partial charge in [0.1, 0.15) is 6.29 Å². The molecule has 0 heterocycles. The highest BCUT2D eigenvalue weighted by Crippen LogP contribution is 2.27. The number of benzene rings is 2. The molecule has 1 amide bonds.